The third-order valence-corrected chi connectivity index (χ3v) is 3.94. The summed E-state index contributed by atoms with van der Waals surface area (Å²) in [5.41, 5.74) is 2.51. The average Bonchev–Trinajstić information content (AvgIpc) is 2.28. The maximum absolute atomic E-state index is 5.98. The smallest absolute Gasteiger partial charge is 0.132 e. The van der Waals surface area contributed by atoms with E-state index in [4.69, 9.17) is 4.74 Å². The quantitative estimate of drug-likeness (QED) is 0.436. The summed E-state index contributed by atoms with van der Waals surface area (Å²) in [5, 5.41) is 1.21. The Morgan fingerprint density at radius 1 is 0.895 bits per heavy atom. The van der Waals surface area contributed by atoms with E-state index in [1.165, 1.54) is 16.4 Å². The molecule has 1 atom stereocenters. The van der Waals surface area contributed by atoms with Gasteiger partial charge in [-0.05, 0) is 17.4 Å². The first-order valence-corrected chi connectivity index (χ1v) is 6.35. The zero-order chi connectivity index (χ0) is 12.0. The van der Waals surface area contributed by atoms with Crippen LogP contribution < -0.4 is 10.0 Å². The fourth-order valence-electron chi connectivity index (χ4n) is 2.63. The Morgan fingerprint density at radius 3 is 2.26 bits per heavy atom. The van der Waals surface area contributed by atoms with Gasteiger partial charge in [-0.25, -0.2) is 0 Å². The fourth-order valence-corrected chi connectivity index (χ4v) is 3.24. The van der Waals surface area contributed by atoms with Crippen LogP contribution in [0, 0.1) is 0 Å². The molecule has 0 amide bonds. The molecule has 2 aromatic rings. The molecule has 1 heterocycles. The monoisotopic (exact) mass is 454 g/mol. The topological polar surface area (TPSA) is 9.23 Å². The Balaban J connectivity index is 0.000000902. The van der Waals surface area contributed by atoms with Gasteiger partial charge in [0, 0.05) is 57.4 Å². The molecule has 4 heteroatoms. The molecular formula is C15H15OPPd2. The van der Waals surface area contributed by atoms with E-state index < -0.39 is 0 Å². The first-order valence-electron chi connectivity index (χ1n) is 5.77. The van der Waals surface area contributed by atoms with E-state index in [-0.39, 0.29) is 46.3 Å². The van der Waals surface area contributed by atoms with Gasteiger partial charge in [0.2, 0.25) is 0 Å². The van der Waals surface area contributed by atoms with Gasteiger partial charge in [0.15, 0.2) is 0 Å². The summed E-state index contributed by atoms with van der Waals surface area (Å²) in [6.45, 7) is 4.50. The van der Waals surface area contributed by atoms with E-state index in [0.29, 0.717) is 0 Å². The van der Waals surface area contributed by atoms with Crippen molar-refractivity contribution in [2.75, 3.05) is 0 Å². The first-order chi connectivity index (χ1) is 8.10. The second kappa shape index (κ2) is 6.18. The van der Waals surface area contributed by atoms with Crippen molar-refractivity contribution < 1.29 is 45.6 Å². The van der Waals surface area contributed by atoms with Crippen molar-refractivity contribution in [3.05, 3.63) is 53.6 Å². The molecule has 2 aromatic carbocycles. The molecule has 1 aliphatic heterocycles. The molecule has 1 nitrogen and oxygen atoms in total. The van der Waals surface area contributed by atoms with Crippen LogP contribution in [0.25, 0.3) is 0 Å². The summed E-state index contributed by atoms with van der Waals surface area (Å²) in [7, 11) is 2.81. The van der Waals surface area contributed by atoms with Crippen LogP contribution in [0.2, 0.25) is 0 Å². The second-order valence-electron chi connectivity index (χ2n) is 4.94. The van der Waals surface area contributed by atoms with Crippen molar-refractivity contribution >= 4 is 14.5 Å². The molecule has 0 bridgehead atoms. The number of hydrogen-bond acceptors (Lipinski definition) is 1. The number of para-hydroxylation sites is 1. The van der Waals surface area contributed by atoms with Gasteiger partial charge in [-0.15, -0.1) is 9.24 Å². The van der Waals surface area contributed by atoms with Gasteiger partial charge in [-0.1, -0.05) is 44.2 Å². The molecule has 1 unspecified atom stereocenters. The van der Waals surface area contributed by atoms with E-state index in [1.807, 2.05) is 24.3 Å². The first kappa shape index (κ1) is 17.0. The van der Waals surface area contributed by atoms with Crippen LogP contribution in [-0.2, 0) is 46.3 Å². The minimum absolute atomic E-state index is 0. The minimum atomic E-state index is -0.0114. The van der Waals surface area contributed by atoms with Gasteiger partial charge in [-0.2, -0.15) is 0 Å². The number of hydrogen-bond donors (Lipinski definition) is 0. The van der Waals surface area contributed by atoms with Gasteiger partial charge in [0.1, 0.15) is 11.5 Å². The standard InChI is InChI=1S/C15H15OP.2Pd/c1-15(2)10-6-3-4-7-11(10)16-12-8-5-9-13(17)14(12)15;;/h3-9H,17H2,1-2H3;;. The Labute approximate surface area is 144 Å². The Bertz CT molecular complexity index is 596. The number of benzene rings is 2. The largest absolute Gasteiger partial charge is 0.457 e. The average molecular weight is 455 g/mol. The van der Waals surface area contributed by atoms with Gasteiger partial charge in [0.25, 0.3) is 0 Å². The van der Waals surface area contributed by atoms with Crippen molar-refractivity contribution in [1.29, 1.82) is 0 Å². The number of fused-ring (bicyclic) bond motifs is 2. The molecule has 1 aliphatic rings. The van der Waals surface area contributed by atoms with Gasteiger partial charge in [-0.3, -0.25) is 0 Å². The van der Waals surface area contributed by atoms with E-state index >= 15 is 0 Å². The molecule has 0 fully saturated rings. The van der Waals surface area contributed by atoms with Crippen LogP contribution in [0.4, 0.5) is 0 Å². The molecular weight excluding hydrogens is 440 g/mol. The molecule has 0 saturated carbocycles. The second-order valence-corrected chi connectivity index (χ2v) is 5.57. The van der Waals surface area contributed by atoms with Crippen molar-refractivity contribution in [2.45, 2.75) is 19.3 Å². The maximum atomic E-state index is 5.98. The van der Waals surface area contributed by atoms with Gasteiger partial charge < -0.3 is 4.74 Å². The van der Waals surface area contributed by atoms with Gasteiger partial charge in [0.05, 0.1) is 0 Å². The summed E-state index contributed by atoms with van der Waals surface area (Å²) in [5.74, 6) is 1.95. The number of rotatable bonds is 0. The van der Waals surface area contributed by atoms with Crippen LogP contribution in [0.1, 0.15) is 25.0 Å². The van der Waals surface area contributed by atoms with Crippen molar-refractivity contribution in [3.8, 4) is 11.5 Å². The Morgan fingerprint density at radius 2 is 1.53 bits per heavy atom. The molecule has 106 valence electrons. The minimum Gasteiger partial charge on any atom is -0.457 e. The molecule has 0 radical (unpaired) electrons. The predicted octanol–water partition coefficient (Wildman–Crippen LogP) is 3.61. The zero-order valence-corrected chi connectivity index (χ0v) is 14.9. The Hall–Kier alpha value is -0.00532. The summed E-state index contributed by atoms with van der Waals surface area (Å²) in [4.78, 5) is 0. The summed E-state index contributed by atoms with van der Waals surface area (Å²) >= 11 is 0. The summed E-state index contributed by atoms with van der Waals surface area (Å²) < 4.78 is 5.98. The van der Waals surface area contributed by atoms with E-state index in [1.54, 1.807) is 0 Å². The van der Waals surface area contributed by atoms with Gasteiger partial charge >= 0.3 is 0 Å². The maximum Gasteiger partial charge on any atom is 0.132 e. The number of ether oxygens (including phenoxy) is 1. The van der Waals surface area contributed by atoms with Crippen molar-refractivity contribution in [3.63, 3.8) is 0 Å². The zero-order valence-electron chi connectivity index (χ0n) is 10.7. The molecule has 0 N–H and O–H groups in total. The van der Waals surface area contributed by atoms with Crippen LogP contribution in [0.15, 0.2) is 42.5 Å². The van der Waals surface area contributed by atoms with Crippen LogP contribution >= 0.6 is 9.24 Å². The third kappa shape index (κ3) is 2.74. The third-order valence-electron chi connectivity index (χ3n) is 3.46. The molecule has 3 rings (SSSR count). The van der Waals surface area contributed by atoms with Crippen LogP contribution in [0.3, 0.4) is 0 Å². The van der Waals surface area contributed by atoms with E-state index in [0.717, 1.165) is 11.5 Å². The van der Waals surface area contributed by atoms with Crippen molar-refractivity contribution in [2.24, 2.45) is 0 Å². The van der Waals surface area contributed by atoms with Crippen LogP contribution in [0.5, 0.6) is 11.5 Å². The molecule has 0 saturated heterocycles. The summed E-state index contributed by atoms with van der Waals surface area (Å²) in [6, 6.07) is 14.5. The normalized spacial score (nSPS) is 14.1. The predicted molar refractivity (Wildman–Crippen MR) is 74.4 cm³/mol. The molecule has 19 heavy (non-hydrogen) atoms. The molecule has 0 spiro atoms. The van der Waals surface area contributed by atoms with E-state index in [9.17, 15) is 0 Å². The van der Waals surface area contributed by atoms with Crippen molar-refractivity contribution in [1.82, 2.24) is 0 Å². The summed E-state index contributed by atoms with van der Waals surface area (Å²) in [6.07, 6.45) is 0. The Kier molecular flexibility index (Phi) is 5.55. The fraction of sp³-hybridized carbons (Fsp3) is 0.200. The molecule has 0 aliphatic carbocycles. The molecule has 0 aromatic heterocycles. The SMILES string of the molecule is CC1(C)c2ccccc2Oc2cccc(P)c21.[Pd].[Pd]. The van der Waals surface area contributed by atoms with E-state index in [2.05, 4.69) is 41.3 Å². The van der Waals surface area contributed by atoms with Crippen LogP contribution in [-0.4, -0.2) is 0 Å².